The van der Waals surface area contributed by atoms with Crippen molar-refractivity contribution in [3.05, 3.63) is 81.3 Å². The van der Waals surface area contributed by atoms with Gasteiger partial charge in [0.2, 0.25) is 5.43 Å². The third-order valence-corrected chi connectivity index (χ3v) is 5.28. The van der Waals surface area contributed by atoms with Gasteiger partial charge >= 0.3 is 6.18 Å². The van der Waals surface area contributed by atoms with Crippen molar-refractivity contribution in [3.8, 4) is 17.2 Å². The van der Waals surface area contributed by atoms with Crippen LogP contribution in [0.3, 0.4) is 0 Å². The number of carbonyl (C=O) groups excluding carboxylic acids is 1. The second-order valence-electron chi connectivity index (χ2n) is 7.59. The van der Waals surface area contributed by atoms with Crippen LogP contribution in [-0.2, 0) is 12.6 Å². The van der Waals surface area contributed by atoms with Crippen LogP contribution in [0.5, 0.6) is 11.5 Å². The number of alkyl halides is 3. The first-order valence-corrected chi connectivity index (χ1v) is 10.3. The maximum atomic E-state index is 13.5. The van der Waals surface area contributed by atoms with Crippen molar-refractivity contribution in [1.29, 1.82) is 0 Å². The number of rotatable bonds is 7. The van der Waals surface area contributed by atoms with E-state index in [2.05, 4.69) is 5.10 Å². The first-order valence-electron chi connectivity index (χ1n) is 10.3. The van der Waals surface area contributed by atoms with Gasteiger partial charge in [-0.15, -0.1) is 0 Å². The van der Waals surface area contributed by atoms with E-state index in [0.717, 1.165) is 22.4 Å². The van der Waals surface area contributed by atoms with Crippen molar-refractivity contribution in [1.82, 2.24) is 14.7 Å². The molecule has 0 atom stereocenters. The van der Waals surface area contributed by atoms with Gasteiger partial charge in [-0.05, 0) is 43.2 Å². The number of carbonyl (C=O) groups is 1. The summed E-state index contributed by atoms with van der Waals surface area (Å²) < 4.78 is 52.0. The highest BCUT2D eigenvalue weighted by Crippen LogP contribution is 2.33. The molecule has 0 saturated carbocycles. The molecule has 34 heavy (non-hydrogen) atoms. The topological polar surface area (TPSA) is 73.7 Å². The maximum absolute atomic E-state index is 13.5. The summed E-state index contributed by atoms with van der Waals surface area (Å²) in [6.07, 6.45) is -4.19. The van der Waals surface area contributed by atoms with E-state index >= 15 is 0 Å². The molecule has 3 rings (SSSR count). The van der Waals surface area contributed by atoms with Crippen LogP contribution in [0.15, 0.2) is 53.3 Å². The van der Waals surface area contributed by atoms with E-state index in [9.17, 15) is 22.8 Å². The number of likely N-dealkylation sites (N-methyl/N-ethyl adjacent to an activating group) is 1. The number of halogens is 3. The van der Waals surface area contributed by atoms with Crippen LogP contribution < -0.4 is 14.9 Å². The molecule has 0 aliphatic carbocycles. The minimum absolute atomic E-state index is 0.172. The van der Waals surface area contributed by atoms with E-state index in [1.807, 2.05) is 6.07 Å². The molecule has 0 aliphatic rings. The van der Waals surface area contributed by atoms with Gasteiger partial charge < -0.3 is 14.4 Å². The fraction of sp³-hybridized carbons (Fsp3) is 0.292. The molecule has 0 radical (unpaired) electrons. The zero-order valence-corrected chi connectivity index (χ0v) is 19.1. The Labute approximate surface area is 194 Å². The molecule has 0 aliphatic heterocycles. The van der Waals surface area contributed by atoms with E-state index in [4.69, 9.17) is 9.47 Å². The van der Waals surface area contributed by atoms with Gasteiger partial charge in [0.15, 0.2) is 17.2 Å². The largest absolute Gasteiger partial charge is 0.493 e. The van der Waals surface area contributed by atoms with Crippen LogP contribution >= 0.6 is 0 Å². The first kappa shape index (κ1) is 24.8. The predicted octanol–water partition coefficient (Wildman–Crippen LogP) is 3.89. The Bertz CT molecular complexity index is 1250. The Morgan fingerprint density at radius 1 is 1.06 bits per heavy atom. The highest BCUT2D eigenvalue weighted by Gasteiger charge is 2.34. The highest BCUT2D eigenvalue weighted by molar-refractivity contribution is 5.91. The van der Waals surface area contributed by atoms with Gasteiger partial charge in [0.1, 0.15) is 0 Å². The summed E-state index contributed by atoms with van der Waals surface area (Å²) in [5.41, 5.74) is -1.28. The molecular weight excluding hydrogens is 451 g/mol. The molecule has 0 saturated heterocycles. The Hall–Kier alpha value is -3.82. The monoisotopic (exact) mass is 475 g/mol. The van der Waals surface area contributed by atoms with Crippen LogP contribution in [0.2, 0.25) is 0 Å². The number of aryl methyl sites for hydroxylation is 1. The average Bonchev–Trinajstić information content (AvgIpc) is 2.81. The zero-order valence-electron chi connectivity index (χ0n) is 19.1. The van der Waals surface area contributed by atoms with Gasteiger partial charge in [0.05, 0.1) is 25.5 Å². The van der Waals surface area contributed by atoms with Gasteiger partial charge in [-0.25, -0.2) is 4.68 Å². The Balaban J connectivity index is 1.88. The Morgan fingerprint density at radius 3 is 2.38 bits per heavy atom. The molecule has 10 heteroatoms. The second-order valence-corrected chi connectivity index (χ2v) is 7.59. The molecule has 1 heterocycles. The summed E-state index contributed by atoms with van der Waals surface area (Å²) in [7, 11) is 4.54. The van der Waals surface area contributed by atoms with Crippen molar-refractivity contribution in [2.24, 2.45) is 0 Å². The number of nitrogens with zero attached hydrogens (tertiary/aromatic N) is 3. The third-order valence-electron chi connectivity index (χ3n) is 5.28. The van der Waals surface area contributed by atoms with Crippen molar-refractivity contribution in [2.45, 2.75) is 19.5 Å². The third kappa shape index (κ3) is 5.22. The summed E-state index contributed by atoms with van der Waals surface area (Å²) in [5, 5.41) is 4.02. The minimum atomic E-state index is -4.63. The summed E-state index contributed by atoms with van der Waals surface area (Å²) in [6, 6.07) is 11.3. The van der Waals surface area contributed by atoms with Crippen LogP contribution in [-0.4, -0.2) is 48.4 Å². The van der Waals surface area contributed by atoms with E-state index in [-0.39, 0.29) is 17.9 Å². The lowest BCUT2D eigenvalue weighted by Gasteiger charge is -2.19. The lowest BCUT2D eigenvalue weighted by atomic mass is 10.1. The Morgan fingerprint density at radius 2 is 1.74 bits per heavy atom. The standard InChI is InChI=1S/C24H24F3N3O4/c1-15-13-19(31)22(28-30(15)18-8-6-5-7-17(18)24(25,26)27)23(32)29(2)12-11-16-9-10-20(33-3)21(14-16)34-4/h5-10,13-14H,11-12H2,1-4H3. The Kier molecular flexibility index (Phi) is 7.29. The molecule has 3 aromatic rings. The zero-order chi connectivity index (χ0) is 25.0. The van der Waals surface area contributed by atoms with Crippen LogP contribution in [0, 0.1) is 6.92 Å². The van der Waals surface area contributed by atoms with Crippen molar-refractivity contribution in [2.75, 3.05) is 27.8 Å². The van der Waals surface area contributed by atoms with Crippen LogP contribution in [0.4, 0.5) is 13.2 Å². The summed E-state index contributed by atoms with van der Waals surface area (Å²) >= 11 is 0. The molecule has 0 fully saturated rings. The molecular formula is C24H24F3N3O4. The number of hydrogen-bond donors (Lipinski definition) is 0. The highest BCUT2D eigenvalue weighted by atomic mass is 19.4. The fourth-order valence-electron chi connectivity index (χ4n) is 3.45. The molecule has 0 spiro atoms. The van der Waals surface area contributed by atoms with Crippen molar-refractivity contribution in [3.63, 3.8) is 0 Å². The second kappa shape index (κ2) is 9.98. The summed E-state index contributed by atoms with van der Waals surface area (Å²) in [5.74, 6) is 0.420. The van der Waals surface area contributed by atoms with Gasteiger partial charge in [-0.1, -0.05) is 18.2 Å². The lowest BCUT2D eigenvalue weighted by molar-refractivity contribution is -0.137. The van der Waals surface area contributed by atoms with Gasteiger partial charge in [0, 0.05) is 25.4 Å². The van der Waals surface area contributed by atoms with Crippen LogP contribution in [0.1, 0.15) is 27.3 Å². The minimum Gasteiger partial charge on any atom is -0.493 e. The van der Waals surface area contributed by atoms with Gasteiger partial charge in [-0.3, -0.25) is 9.59 Å². The lowest BCUT2D eigenvalue weighted by Crippen LogP contribution is -2.35. The smallest absolute Gasteiger partial charge is 0.418 e. The summed E-state index contributed by atoms with van der Waals surface area (Å²) in [6.45, 7) is 1.69. The molecule has 1 amide bonds. The number of ether oxygens (including phenoxy) is 2. The fourth-order valence-corrected chi connectivity index (χ4v) is 3.45. The molecule has 180 valence electrons. The molecule has 0 bridgehead atoms. The van der Waals surface area contributed by atoms with Crippen LogP contribution in [0.25, 0.3) is 5.69 Å². The van der Waals surface area contributed by atoms with Crippen molar-refractivity contribution >= 4 is 5.91 Å². The number of aromatic nitrogens is 2. The van der Waals surface area contributed by atoms with Crippen molar-refractivity contribution < 1.29 is 27.4 Å². The number of amides is 1. The van der Waals surface area contributed by atoms with E-state index in [1.165, 1.54) is 51.3 Å². The van der Waals surface area contributed by atoms with E-state index in [0.29, 0.717) is 17.9 Å². The SMILES string of the molecule is COc1ccc(CCN(C)C(=O)c2nn(-c3ccccc3C(F)(F)F)c(C)cc2=O)cc1OC. The van der Waals surface area contributed by atoms with E-state index < -0.39 is 28.8 Å². The van der Waals surface area contributed by atoms with E-state index in [1.54, 1.807) is 12.1 Å². The summed E-state index contributed by atoms with van der Waals surface area (Å²) in [4.78, 5) is 26.8. The molecule has 7 nitrogen and oxygen atoms in total. The predicted molar refractivity (Wildman–Crippen MR) is 120 cm³/mol. The quantitative estimate of drug-likeness (QED) is 0.519. The maximum Gasteiger partial charge on any atom is 0.418 e. The van der Waals surface area contributed by atoms with Gasteiger partial charge in [0.25, 0.3) is 5.91 Å². The molecule has 0 unspecified atom stereocenters. The molecule has 1 aromatic heterocycles. The number of methoxy groups -OCH3 is 2. The number of hydrogen-bond acceptors (Lipinski definition) is 5. The van der Waals surface area contributed by atoms with Gasteiger partial charge in [-0.2, -0.15) is 18.3 Å². The first-order chi connectivity index (χ1) is 16.1. The normalized spacial score (nSPS) is 11.3. The molecule has 2 aromatic carbocycles. The number of benzene rings is 2. The molecule has 0 N–H and O–H groups in total. The number of para-hydroxylation sites is 1. The average molecular weight is 475 g/mol.